The molecular formula is C23H37N3O3S. The van der Waals surface area contributed by atoms with E-state index < -0.39 is 10.0 Å². The van der Waals surface area contributed by atoms with E-state index in [2.05, 4.69) is 24.5 Å². The van der Waals surface area contributed by atoms with Crippen LogP contribution in [0.5, 0.6) is 0 Å². The standard InChI is InChI=1S/C23H37N3O3S/c1-5-30(28,29)24(4)21-13-15-25(16-14-21)23(27)12-11-20-17-18(2)26(19(20)3)22-9-7-6-8-10-22/h11-12,17,21-22H,5-10,13-16H2,1-4H3/b12-11+. The quantitative estimate of drug-likeness (QED) is 0.637. The lowest BCUT2D eigenvalue weighted by molar-refractivity contribution is -0.127. The topological polar surface area (TPSA) is 62.6 Å². The maximum absolute atomic E-state index is 12.7. The molecule has 0 bridgehead atoms. The molecule has 1 aliphatic carbocycles. The minimum Gasteiger partial charge on any atom is -0.346 e. The molecule has 0 spiro atoms. The first-order valence-corrected chi connectivity index (χ1v) is 13.0. The van der Waals surface area contributed by atoms with E-state index in [1.54, 1.807) is 20.0 Å². The Morgan fingerprint density at radius 2 is 1.77 bits per heavy atom. The Bertz CT molecular complexity index is 874. The van der Waals surface area contributed by atoms with Crippen LogP contribution < -0.4 is 0 Å². The lowest BCUT2D eigenvalue weighted by Crippen LogP contribution is -2.47. The molecule has 30 heavy (non-hydrogen) atoms. The van der Waals surface area contributed by atoms with Crippen LogP contribution in [0.4, 0.5) is 0 Å². The molecule has 0 radical (unpaired) electrons. The van der Waals surface area contributed by atoms with Crippen molar-refractivity contribution in [3.05, 3.63) is 29.1 Å². The van der Waals surface area contributed by atoms with Crippen LogP contribution in [0.15, 0.2) is 12.1 Å². The van der Waals surface area contributed by atoms with Crippen LogP contribution in [0.2, 0.25) is 0 Å². The molecule has 1 aromatic rings. The van der Waals surface area contributed by atoms with E-state index in [0.717, 1.165) is 5.56 Å². The van der Waals surface area contributed by atoms with Crippen molar-refractivity contribution in [2.75, 3.05) is 25.9 Å². The Hall–Kier alpha value is -1.60. The van der Waals surface area contributed by atoms with Crippen molar-refractivity contribution < 1.29 is 13.2 Å². The molecule has 0 N–H and O–H groups in total. The molecule has 1 amide bonds. The van der Waals surface area contributed by atoms with E-state index in [0.29, 0.717) is 32.0 Å². The molecule has 0 atom stereocenters. The number of carbonyl (C=O) groups is 1. The number of carbonyl (C=O) groups excluding carboxylic acids is 1. The fourth-order valence-corrected chi connectivity index (χ4v) is 6.09. The molecule has 6 nitrogen and oxygen atoms in total. The maximum Gasteiger partial charge on any atom is 0.246 e. The molecule has 3 rings (SSSR count). The summed E-state index contributed by atoms with van der Waals surface area (Å²) < 4.78 is 28.1. The number of aryl methyl sites for hydroxylation is 1. The van der Waals surface area contributed by atoms with Crippen LogP contribution in [0.1, 0.15) is 74.9 Å². The number of likely N-dealkylation sites (tertiary alicyclic amines) is 1. The van der Waals surface area contributed by atoms with Crippen molar-refractivity contribution in [3.8, 4) is 0 Å². The van der Waals surface area contributed by atoms with Gasteiger partial charge in [0.15, 0.2) is 0 Å². The molecule has 168 valence electrons. The molecule has 2 heterocycles. The second-order valence-corrected chi connectivity index (χ2v) is 11.1. The lowest BCUT2D eigenvalue weighted by Gasteiger charge is -2.35. The molecule has 7 heteroatoms. The van der Waals surface area contributed by atoms with Crippen LogP contribution in [0.3, 0.4) is 0 Å². The van der Waals surface area contributed by atoms with Crippen LogP contribution in [0, 0.1) is 13.8 Å². The minimum atomic E-state index is -3.18. The van der Waals surface area contributed by atoms with Gasteiger partial charge in [0.1, 0.15) is 0 Å². The normalized spacial score (nSPS) is 19.8. The summed E-state index contributed by atoms with van der Waals surface area (Å²) >= 11 is 0. The van der Waals surface area contributed by atoms with Gasteiger partial charge >= 0.3 is 0 Å². The van der Waals surface area contributed by atoms with Crippen LogP contribution >= 0.6 is 0 Å². The van der Waals surface area contributed by atoms with Gasteiger partial charge in [0.05, 0.1) is 5.75 Å². The van der Waals surface area contributed by atoms with Crippen LogP contribution in [-0.2, 0) is 14.8 Å². The van der Waals surface area contributed by atoms with Crippen LogP contribution in [-0.4, -0.2) is 60.0 Å². The monoisotopic (exact) mass is 435 g/mol. The van der Waals surface area contributed by atoms with Gasteiger partial charge in [0, 0.05) is 49.7 Å². The Morgan fingerprint density at radius 3 is 2.37 bits per heavy atom. The van der Waals surface area contributed by atoms with E-state index >= 15 is 0 Å². The van der Waals surface area contributed by atoms with Crippen molar-refractivity contribution in [2.45, 2.75) is 77.8 Å². The van der Waals surface area contributed by atoms with Gasteiger partial charge in [-0.3, -0.25) is 4.79 Å². The lowest BCUT2D eigenvalue weighted by atomic mass is 9.95. The third-order valence-corrected chi connectivity index (χ3v) is 8.87. The number of hydrogen-bond donors (Lipinski definition) is 0. The molecule has 1 saturated heterocycles. The van der Waals surface area contributed by atoms with Crippen molar-refractivity contribution in [3.63, 3.8) is 0 Å². The number of sulfonamides is 1. The molecule has 0 unspecified atom stereocenters. The van der Waals surface area contributed by atoms with Gasteiger partial charge < -0.3 is 9.47 Å². The zero-order valence-electron chi connectivity index (χ0n) is 18.9. The highest BCUT2D eigenvalue weighted by Crippen LogP contribution is 2.32. The predicted molar refractivity (Wildman–Crippen MR) is 122 cm³/mol. The largest absolute Gasteiger partial charge is 0.346 e. The van der Waals surface area contributed by atoms with E-state index in [9.17, 15) is 13.2 Å². The van der Waals surface area contributed by atoms with Gasteiger partial charge in [-0.1, -0.05) is 19.3 Å². The summed E-state index contributed by atoms with van der Waals surface area (Å²) in [4.78, 5) is 14.5. The fraction of sp³-hybridized carbons (Fsp3) is 0.696. The zero-order chi connectivity index (χ0) is 21.9. The summed E-state index contributed by atoms with van der Waals surface area (Å²) in [7, 11) is -1.53. The summed E-state index contributed by atoms with van der Waals surface area (Å²) in [5, 5.41) is 0. The smallest absolute Gasteiger partial charge is 0.246 e. The first kappa shape index (κ1) is 23.1. The number of piperidine rings is 1. The Morgan fingerprint density at radius 1 is 1.13 bits per heavy atom. The highest BCUT2D eigenvalue weighted by atomic mass is 32.2. The summed E-state index contributed by atoms with van der Waals surface area (Å²) in [6, 6.07) is 2.76. The van der Waals surface area contributed by atoms with E-state index in [1.165, 1.54) is 47.8 Å². The second-order valence-electron chi connectivity index (χ2n) is 8.79. The number of aromatic nitrogens is 1. The average molecular weight is 436 g/mol. The zero-order valence-corrected chi connectivity index (χ0v) is 19.7. The second kappa shape index (κ2) is 9.69. The summed E-state index contributed by atoms with van der Waals surface area (Å²) in [6.45, 7) is 7.17. The van der Waals surface area contributed by atoms with E-state index in [-0.39, 0.29) is 17.7 Å². The van der Waals surface area contributed by atoms with E-state index in [4.69, 9.17) is 0 Å². The molecule has 1 aliphatic heterocycles. The van der Waals surface area contributed by atoms with Crippen molar-refractivity contribution in [1.82, 2.24) is 13.8 Å². The molecule has 1 saturated carbocycles. The van der Waals surface area contributed by atoms with Gasteiger partial charge in [0.2, 0.25) is 15.9 Å². The summed E-state index contributed by atoms with van der Waals surface area (Å²) in [6.07, 6.45) is 11.4. The maximum atomic E-state index is 12.7. The third-order valence-electron chi connectivity index (χ3n) is 6.96. The van der Waals surface area contributed by atoms with E-state index in [1.807, 2.05) is 11.0 Å². The van der Waals surface area contributed by atoms with Crippen molar-refractivity contribution in [2.24, 2.45) is 0 Å². The number of hydrogen-bond acceptors (Lipinski definition) is 3. The molecule has 2 fully saturated rings. The predicted octanol–water partition coefficient (Wildman–Crippen LogP) is 3.90. The Balaban J connectivity index is 1.61. The molecule has 2 aliphatic rings. The Kier molecular flexibility index (Phi) is 7.45. The summed E-state index contributed by atoms with van der Waals surface area (Å²) in [5.74, 6) is 0.127. The van der Waals surface area contributed by atoms with Gasteiger partial charge in [-0.25, -0.2) is 12.7 Å². The minimum absolute atomic E-state index is 0.0110. The number of rotatable bonds is 6. The van der Waals surface area contributed by atoms with Crippen molar-refractivity contribution in [1.29, 1.82) is 0 Å². The molecular weight excluding hydrogens is 398 g/mol. The number of nitrogens with zero attached hydrogens (tertiary/aromatic N) is 3. The highest BCUT2D eigenvalue weighted by molar-refractivity contribution is 7.89. The van der Waals surface area contributed by atoms with Gasteiger partial charge in [-0.05, 0) is 64.2 Å². The Labute approximate surface area is 182 Å². The van der Waals surface area contributed by atoms with Gasteiger partial charge in [-0.15, -0.1) is 0 Å². The highest BCUT2D eigenvalue weighted by Gasteiger charge is 2.29. The third kappa shape index (κ3) is 4.99. The average Bonchev–Trinajstić information content (AvgIpc) is 3.05. The first-order chi connectivity index (χ1) is 14.2. The molecule has 1 aromatic heterocycles. The van der Waals surface area contributed by atoms with Crippen LogP contribution in [0.25, 0.3) is 6.08 Å². The van der Waals surface area contributed by atoms with Crippen molar-refractivity contribution >= 4 is 22.0 Å². The SMILES string of the molecule is CCS(=O)(=O)N(C)C1CCN(C(=O)/C=C/c2cc(C)n(C3CCCCC3)c2C)CC1. The first-order valence-electron chi connectivity index (χ1n) is 11.4. The number of amides is 1. The fourth-order valence-electron chi connectivity index (χ4n) is 5.02. The van der Waals surface area contributed by atoms with Gasteiger partial charge in [-0.2, -0.15) is 0 Å². The molecule has 0 aromatic carbocycles. The van der Waals surface area contributed by atoms with Gasteiger partial charge in [0.25, 0.3) is 0 Å². The summed E-state index contributed by atoms with van der Waals surface area (Å²) in [5.41, 5.74) is 3.64.